The quantitative estimate of drug-likeness (QED) is 0.865. The number of H-pyrrole nitrogens is 1. The van der Waals surface area contributed by atoms with Gasteiger partial charge in [0.1, 0.15) is 0 Å². The Morgan fingerprint density at radius 2 is 2.11 bits per heavy atom. The normalized spacial score (nSPS) is 16.3. The fraction of sp³-hybridized carbons (Fsp3) is 0.400. The molecule has 19 heavy (non-hydrogen) atoms. The van der Waals surface area contributed by atoms with Crippen molar-refractivity contribution >= 4 is 5.69 Å². The number of imidazole rings is 1. The molecule has 0 radical (unpaired) electrons. The molecule has 0 saturated heterocycles. The first-order chi connectivity index (χ1) is 9.28. The van der Waals surface area contributed by atoms with Crippen molar-refractivity contribution in [2.24, 2.45) is 5.92 Å². The van der Waals surface area contributed by atoms with Crippen molar-refractivity contribution < 1.29 is 0 Å². The molecular weight excluding hydrogens is 238 g/mol. The predicted octanol–water partition coefficient (Wildman–Crippen LogP) is 2.77. The second-order valence-corrected chi connectivity index (χ2v) is 5.18. The van der Waals surface area contributed by atoms with Gasteiger partial charge in [0.15, 0.2) is 0 Å². The Hall–Kier alpha value is -1.97. The van der Waals surface area contributed by atoms with Gasteiger partial charge in [0.25, 0.3) is 0 Å². The van der Waals surface area contributed by atoms with E-state index in [2.05, 4.69) is 17.2 Å². The van der Waals surface area contributed by atoms with Crippen LogP contribution in [0.15, 0.2) is 41.5 Å². The van der Waals surface area contributed by atoms with Gasteiger partial charge in [-0.25, -0.2) is 4.79 Å². The highest BCUT2D eigenvalue weighted by Gasteiger charge is 2.29. The lowest BCUT2D eigenvalue weighted by molar-refractivity contribution is 0.616. The number of nitrogens with one attached hydrogen (secondary N) is 2. The number of hydrogen-bond donors (Lipinski definition) is 2. The van der Waals surface area contributed by atoms with Gasteiger partial charge in [0.05, 0.1) is 5.69 Å². The SMILES string of the molecule is CCC(Nc1ccc(-n2cc[nH]c2=O)cc1)C1CC1. The molecule has 1 aliphatic carbocycles. The summed E-state index contributed by atoms with van der Waals surface area (Å²) >= 11 is 0. The van der Waals surface area contributed by atoms with Crippen molar-refractivity contribution in [3.63, 3.8) is 0 Å². The molecule has 2 N–H and O–H groups in total. The summed E-state index contributed by atoms with van der Waals surface area (Å²) in [6, 6.07) is 8.61. The summed E-state index contributed by atoms with van der Waals surface area (Å²) in [5.74, 6) is 0.844. The third-order valence-corrected chi connectivity index (χ3v) is 3.78. The second-order valence-electron chi connectivity index (χ2n) is 5.18. The van der Waals surface area contributed by atoms with Gasteiger partial charge >= 0.3 is 5.69 Å². The lowest BCUT2D eigenvalue weighted by Crippen LogP contribution is -2.20. The van der Waals surface area contributed by atoms with Crippen LogP contribution in [0.2, 0.25) is 0 Å². The van der Waals surface area contributed by atoms with Gasteiger partial charge in [-0.1, -0.05) is 6.92 Å². The fourth-order valence-electron chi connectivity index (χ4n) is 2.51. The Balaban J connectivity index is 1.75. The molecule has 1 unspecified atom stereocenters. The summed E-state index contributed by atoms with van der Waals surface area (Å²) in [7, 11) is 0. The number of rotatable bonds is 5. The first kappa shape index (κ1) is 12.1. The third-order valence-electron chi connectivity index (χ3n) is 3.78. The average Bonchev–Trinajstić information content (AvgIpc) is 3.19. The van der Waals surface area contributed by atoms with E-state index >= 15 is 0 Å². The highest BCUT2D eigenvalue weighted by molar-refractivity contribution is 5.49. The van der Waals surface area contributed by atoms with Crippen LogP contribution in [-0.4, -0.2) is 15.6 Å². The molecule has 0 spiro atoms. The summed E-state index contributed by atoms with van der Waals surface area (Å²) in [5, 5.41) is 3.58. The van der Waals surface area contributed by atoms with Crippen molar-refractivity contribution in [1.82, 2.24) is 9.55 Å². The summed E-state index contributed by atoms with van der Waals surface area (Å²) in [5.41, 5.74) is 1.91. The molecule has 3 rings (SSSR count). The van der Waals surface area contributed by atoms with E-state index in [1.807, 2.05) is 24.3 Å². The third kappa shape index (κ3) is 2.57. The van der Waals surface area contributed by atoms with Gasteiger partial charge < -0.3 is 10.3 Å². The van der Waals surface area contributed by atoms with Gasteiger partial charge in [-0.05, 0) is 49.4 Å². The molecule has 1 fully saturated rings. The molecule has 1 aliphatic rings. The van der Waals surface area contributed by atoms with Crippen LogP contribution in [0.5, 0.6) is 0 Å². The number of anilines is 1. The van der Waals surface area contributed by atoms with Crippen LogP contribution < -0.4 is 11.0 Å². The number of aromatic nitrogens is 2. The Kier molecular flexibility index (Phi) is 3.15. The lowest BCUT2D eigenvalue weighted by Gasteiger charge is -2.17. The van der Waals surface area contributed by atoms with E-state index in [1.165, 1.54) is 12.8 Å². The Bertz CT molecular complexity index is 592. The molecule has 100 valence electrons. The van der Waals surface area contributed by atoms with Gasteiger partial charge in [0, 0.05) is 24.1 Å². The maximum atomic E-state index is 11.5. The monoisotopic (exact) mass is 257 g/mol. The molecule has 2 aromatic rings. The highest BCUT2D eigenvalue weighted by atomic mass is 16.1. The van der Waals surface area contributed by atoms with Gasteiger partial charge in [-0.15, -0.1) is 0 Å². The van der Waals surface area contributed by atoms with E-state index in [1.54, 1.807) is 17.0 Å². The zero-order valence-corrected chi connectivity index (χ0v) is 11.1. The van der Waals surface area contributed by atoms with E-state index in [4.69, 9.17) is 0 Å². The minimum atomic E-state index is -0.106. The summed E-state index contributed by atoms with van der Waals surface area (Å²) in [4.78, 5) is 14.2. The molecular formula is C15H19N3O. The molecule has 4 heteroatoms. The van der Waals surface area contributed by atoms with E-state index in [0.29, 0.717) is 6.04 Å². The zero-order valence-electron chi connectivity index (χ0n) is 11.1. The number of aromatic amines is 1. The lowest BCUT2D eigenvalue weighted by atomic mass is 10.1. The standard InChI is InChI=1S/C15H19N3O/c1-2-14(11-3-4-11)17-12-5-7-13(8-6-12)18-10-9-16-15(18)19/h5-11,14,17H,2-4H2,1H3,(H,16,19). The van der Waals surface area contributed by atoms with Gasteiger partial charge in [-0.3, -0.25) is 4.57 Å². The van der Waals surface area contributed by atoms with E-state index in [-0.39, 0.29) is 5.69 Å². The van der Waals surface area contributed by atoms with E-state index in [9.17, 15) is 4.79 Å². The fourth-order valence-corrected chi connectivity index (χ4v) is 2.51. The molecule has 1 atom stereocenters. The molecule has 0 amide bonds. The van der Waals surface area contributed by atoms with Crippen molar-refractivity contribution in [1.29, 1.82) is 0 Å². The van der Waals surface area contributed by atoms with Crippen LogP contribution >= 0.6 is 0 Å². The Morgan fingerprint density at radius 1 is 1.37 bits per heavy atom. The molecule has 1 aromatic carbocycles. The first-order valence-electron chi connectivity index (χ1n) is 6.91. The summed E-state index contributed by atoms with van der Waals surface area (Å²) in [6.07, 6.45) is 7.24. The smallest absolute Gasteiger partial charge is 0.330 e. The minimum Gasteiger partial charge on any atom is -0.382 e. The highest BCUT2D eigenvalue weighted by Crippen LogP contribution is 2.35. The van der Waals surface area contributed by atoms with Crippen LogP contribution in [0.25, 0.3) is 5.69 Å². The van der Waals surface area contributed by atoms with Crippen LogP contribution in [0, 0.1) is 5.92 Å². The van der Waals surface area contributed by atoms with Crippen molar-refractivity contribution in [2.75, 3.05) is 5.32 Å². The average molecular weight is 257 g/mol. The van der Waals surface area contributed by atoms with Crippen LogP contribution in [0.1, 0.15) is 26.2 Å². The predicted molar refractivity (Wildman–Crippen MR) is 76.8 cm³/mol. The molecule has 0 aliphatic heterocycles. The minimum absolute atomic E-state index is 0.106. The van der Waals surface area contributed by atoms with E-state index < -0.39 is 0 Å². The maximum Gasteiger partial charge on any atom is 0.330 e. The second kappa shape index (κ2) is 4.96. The van der Waals surface area contributed by atoms with Gasteiger partial charge in [0.2, 0.25) is 0 Å². The van der Waals surface area contributed by atoms with Crippen LogP contribution in [0.4, 0.5) is 5.69 Å². The van der Waals surface area contributed by atoms with Crippen molar-refractivity contribution in [3.05, 3.63) is 47.1 Å². The summed E-state index contributed by atoms with van der Waals surface area (Å²) < 4.78 is 1.60. The molecule has 1 saturated carbocycles. The van der Waals surface area contributed by atoms with Crippen LogP contribution in [-0.2, 0) is 0 Å². The molecule has 1 aromatic heterocycles. The maximum absolute atomic E-state index is 11.5. The van der Waals surface area contributed by atoms with E-state index in [0.717, 1.165) is 23.7 Å². The number of benzene rings is 1. The summed E-state index contributed by atoms with van der Waals surface area (Å²) in [6.45, 7) is 2.23. The molecule has 1 heterocycles. The van der Waals surface area contributed by atoms with Crippen LogP contribution in [0.3, 0.4) is 0 Å². The van der Waals surface area contributed by atoms with Gasteiger partial charge in [-0.2, -0.15) is 0 Å². The first-order valence-corrected chi connectivity index (χ1v) is 6.91. The number of nitrogens with zero attached hydrogens (tertiary/aromatic N) is 1. The molecule has 0 bridgehead atoms. The number of hydrogen-bond acceptors (Lipinski definition) is 2. The molecule has 4 nitrogen and oxygen atoms in total. The largest absolute Gasteiger partial charge is 0.382 e. The Labute approximate surface area is 112 Å². The van der Waals surface area contributed by atoms with Crippen molar-refractivity contribution in [2.45, 2.75) is 32.2 Å². The van der Waals surface area contributed by atoms with Crippen molar-refractivity contribution in [3.8, 4) is 5.69 Å². The Morgan fingerprint density at radius 3 is 2.63 bits per heavy atom. The zero-order chi connectivity index (χ0) is 13.2. The topological polar surface area (TPSA) is 49.8 Å².